The molecule has 5 heteroatoms. The van der Waals surface area contributed by atoms with Gasteiger partial charge in [0.1, 0.15) is 6.04 Å². The van der Waals surface area contributed by atoms with Gasteiger partial charge in [0.05, 0.1) is 7.11 Å². The molecule has 0 radical (unpaired) electrons. The van der Waals surface area contributed by atoms with Crippen LogP contribution in [0.25, 0.3) is 0 Å². The second-order valence-electron chi connectivity index (χ2n) is 2.72. The number of nitrogens with two attached hydrogens (primary N) is 1. The Kier molecular flexibility index (Phi) is 2.65. The van der Waals surface area contributed by atoms with Crippen molar-refractivity contribution in [3.63, 3.8) is 0 Å². The van der Waals surface area contributed by atoms with Crippen LogP contribution in [0.1, 0.15) is 6.42 Å². The third-order valence-electron chi connectivity index (χ3n) is 1.87. The standard InChI is InChI=1S/C7H12N2O3/c1-12-7(11)5(8)4-9-3-2-6(9)10/h5H,2-4,8H2,1H3. The molecule has 0 aromatic carbocycles. The minimum Gasteiger partial charge on any atom is -0.468 e. The van der Waals surface area contributed by atoms with Crippen LogP contribution < -0.4 is 5.73 Å². The number of rotatable bonds is 3. The molecule has 12 heavy (non-hydrogen) atoms. The number of nitrogens with zero attached hydrogens (tertiary/aromatic N) is 1. The van der Waals surface area contributed by atoms with Crippen molar-refractivity contribution < 1.29 is 14.3 Å². The molecule has 1 saturated heterocycles. The first-order chi connectivity index (χ1) is 5.65. The van der Waals surface area contributed by atoms with Crippen molar-refractivity contribution in [1.29, 1.82) is 0 Å². The predicted molar refractivity (Wildman–Crippen MR) is 41.2 cm³/mol. The van der Waals surface area contributed by atoms with E-state index in [4.69, 9.17) is 5.73 Å². The average Bonchev–Trinajstić information content (AvgIpc) is 2.09. The lowest BCUT2D eigenvalue weighted by Gasteiger charge is -2.31. The fourth-order valence-electron chi connectivity index (χ4n) is 1.02. The quantitative estimate of drug-likeness (QED) is 0.425. The van der Waals surface area contributed by atoms with Crippen LogP contribution in [-0.2, 0) is 14.3 Å². The van der Waals surface area contributed by atoms with Crippen LogP contribution in [-0.4, -0.2) is 43.0 Å². The summed E-state index contributed by atoms with van der Waals surface area (Å²) in [7, 11) is 1.28. The summed E-state index contributed by atoms with van der Waals surface area (Å²) < 4.78 is 4.41. The third-order valence-corrected chi connectivity index (χ3v) is 1.87. The number of hydrogen-bond donors (Lipinski definition) is 1. The molecule has 2 N–H and O–H groups in total. The average molecular weight is 172 g/mol. The fraction of sp³-hybridized carbons (Fsp3) is 0.714. The number of amides is 1. The van der Waals surface area contributed by atoms with E-state index >= 15 is 0 Å². The summed E-state index contributed by atoms with van der Waals surface area (Å²) in [6.45, 7) is 0.967. The molecule has 68 valence electrons. The van der Waals surface area contributed by atoms with E-state index in [9.17, 15) is 9.59 Å². The molecule has 0 saturated carbocycles. The Morgan fingerprint density at radius 3 is 2.83 bits per heavy atom. The normalized spacial score (nSPS) is 18.5. The van der Waals surface area contributed by atoms with Crippen molar-refractivity contribution in [3.8, 4) is 0 Å². The van der Waals surface area contributed by atoms with Crippen molar-refractivity contribution in [1.82, 2.24) is 4.90 Å². The number of hydrogen-bond acceptors (Lipinski definition) is 4. The van der Waals surface area contributed by atoms with E-state index in [-0.39, 0.29) is 12.5 Å². The molecule has 1 heterocycles. The molecule has 0 spiro atoms. The van der Waals surface area contributed by atoms with Crippen LogP contribution in [0, 0.1) is 0 Å². The van der Waals surface area contributed by atoms with Crippen molar-refractivity contribution >= 4 is 11.9 Å². The van der Waals surface area contributed by atoms with Crippen molar-refractivity contribution in [3.05, 3.63) is 0 Å². The van der Waals surface area contributed by atoms with E-state index in [1.807, 2.05) is 0 Å². The first-order valence-corrected chi connectivity index (χ1v) is 3.76. The molecule has 1 fully saturated rings. The highest BCUT2D eigenvalue weighted by Crippen LogP contribution is 2.08. The fourth-order valence-corrected chi connectivity index (χ4v) is 1.02. The smallest absolute Gasteiger partial charge is 0.324 e. The zero-order chi connectivity index (χ0) is 9.14. The van der Waals surface area contributed by atoms with Gasteiger partial charge >= 0.3 is 5.97 Å². The van der Waals surface area contributed by atoms with Gasteiger partial charge in [-0.1, -0.05) is 0 Å². The Labute approximate surface area is 70.5 Å². The lowest BCUT2D eigenvalue weighted by atomic mass is 10.1. The van der Waals surface area contributed by atoms with Gasteiger partial charge in [-0.2, -0.15) is 0 Å². The lowest BCUT2D eigenvalue weighted by molar-refractivity contribution is -0.146. The van der Waals surface area contributed by atoms with E-state index in [0.29, 0.717) is 13.0 Å². The molecule has 1 atom stereocenters. The highest BCUT2D eigenvalue weighted by molar-refractivity contribution is 5.83. The van der Waals surface area contributed by atoms with Gasteiger partial charge in [-0.25, -0.2) is 0 Å². The van der Waals surface area contributed by atoms with E-state index in [1.54, 1.807) is 4.90 Å². The molecule has 1 unspecified atom stereocenters. The molecule has 5 nitrogen and oxygen atoms in total. The first-order valence-electron chi connectivity index (χ1n) is 3.76. The SMILES string of the molecule is COC(=O)C(N)CN1CCC1=O. The number of carbonyl (C=O) groups excluding carboxylic acids is 2. The van der Waals surface area contributed by atoms with Crippen LogP contribution >= 0.6 is 0 Å². The van der Waals surface area contributed by atoms with Crippen molar-refractivity contribution in [2.75, 3.05) is 20.2 Å². The summed E-state index contributed by atoms with van der Waals surface area (Å²) in [5.74, 6) is -0.427. The van der Waals surface area contributed by atoms with Crippen molar-refractivity contribution in [2.24, 2.45) is 5.73 Å². The molecule has 0 aromatic heterocycles. The van der Waals surface area contributed by atoms with Crippen LogP contribution in [0.4, 0.5) is 0 Å². The third kappa shape index (κ3) is 1.73. The highest BCUT2D eigenvalue weighted by atomic mass is 16.5. The molecular weight excluding hydrogens is 160 g/mol. The maximum Gasteiger partial charge on any atom is 0.324 e. The molecule has 1 aliphatic rings. The highest BCUT2D eigenvalue weighted by Gasteiger charge is 2.27. The van der Waals surface area contributed by atoms with Gasteiger partial charge in [0.15, 0.2) is 0 Å². The van der Waals surface area contributed by atoms with Crippen LogP contribution in [0.5, 0.6) is 0 Å². The van der Waals surface area contributed by atoms with Crippen LogP contribution in [0.3, 0.4) is 0 Å². The van der Waals surface area contributed by atoms with Gasteiger partial charge in [-0.05, 0) is 0 Å². The van der Waals surface area contributed by atoms with E-state index < -0.39 is 12.0 Å². The molecular formula is C7H12N2O3. The first kappa shape index (κ1) is 8.99. The maximum absolute atomic E-state index is 10.8. The molecule has 1 rings (SSSR count). The maximum atomic E-state index is 10.8. The Morgan fingerprint density at radius 2 is 2.50 bits per heavy atom. The number of carbonyl (C=O) groups is 2. The van der Waals surface area contributed by atoms with Gasteiger partial charge in [0.25, 0.3) is 0 Å². The van der Waals surface area contributed by atoms with Gasteiger partial charge in [0.2, 0.25) is 5.91 Å². The molecule has 0 aromatic rings. The van der Waals surface area contributed by atoms with E-state index in [0.717, 1.165) is 0 Å². The second-order valence-corrected chi connectivity index (χ2v) is 2.72. The Morgan fingerprint density at radius 1 is 1.83 bits per heavy atom. The largest absolute Gasteiger partial charge is 0.468 e. The molecule has 0 bridgehead atoms. The van der Waals surface area contributed by atoms with Crippen LogP contribution in [0.2, 0.25) is 0 Å². The lowest BCUT2D eigenvalue weighted by Crippen LogP contribution is -2.51. The Hall–Kier alpha value is -1.10. The number of ether oxygens (including phenoxy) is 1. The topological polar surface area (TPSA) is 72.6 Å². The van der Waals surface area contributed by atoms with E-state index in [2.05, 4.69) is 4.74 Å². The van der Waals surface area contributed by atoms with E-state index in [1.165, 1.54) is 7.11 Å². The molecule has 1 aliphatic heterocycles. The summed E-state index contributed by atoms with van der Waals surface area (Å²) in [6.07, 6.45) is 0.563. The zero-order valence-electron chi connectivity index (χ0n) is 6.95. The number of β-lactam (4-membered cyclic amide) rings is 1. The minimum absolute atomic E-state index is 0.0503. The van der Waals surface area contributed by atoms with Crippen LogP contribution in [0.15, 0.2) is 0 Å². The summed E-state index contributed by atoms with van der Waals surface area (Å²) >= 11 is 0. The van der Waals surface area contributed by atoms with Crippen molar-refractivity contribution in [2.45, 2.75) is 12.5 Å². The predicted octanol–water partition coefficient (Wildman–Crippen LogP) is -1.28. The monoisotopic (exact) mass is 172 g/mol. The molecule has 0 aliphatic carbocycles. The van der Waals surface area contributed by atoms with Gasteiger partial charge in [-0.15, -0.1) is 0 Å². The number of methoxy groups -OCH3 is 1. The van der Waals surface area contributed by atoms with Gasteiger partial charge < -0.3 is 15.4 Å². The number of esters is 1. The van der Waals surface area contributed by atoms with Gasteiger partial charge in [-0.3, -0.25) is 9.59 Å². The van der Waals surface area contributed by atoms with Gasteiger partial charge in [0, 0.05) is 19.5 Å². The molecule has 1 amide bonds. The minimum atomic E-state index is -0.709. The summed E-state index contributed by atoms with van der Waals surface area (Å²) in [6, 6.07) is -0.709. The number of likely N-dealkylation sites (tertiary alicyclic amines) is 1. The second kappa shape index (κ2) is 3.53. The Balaban J connectivity index is 2.30. The Bertz CT molecular complexity index is 205. The summed E-state index contributed by atoms with van der Waals surface area (Å²) in [5.41, 5.74) is 5.43. The zero-order valence-corrected chi connectivity index (χ0v) is 6.95. The summed E-state index contributed by atoms with van der Waals surface area (Å²) in [4.78, 5) is 23.1. The summed E-state index contributed by atoms with van der Waals surface area (Å²) in [5, 5.41) is 0.